The van der Waals surface area contributed by atoms with Gasteiger partial charge in [0.05, 0.1) is 17.4 Å². The third-order valence-corrected chi connectivity index (χ3v) is 6.58. The number of piperidine rings is 1. The number of amides is 2. The van der Waals surface area contributed by atoms with Gasteiger partial charge in [0, 0.05) is 43.5 Å². The maximum atomic E-state index is 13.0. The quantitative estimate of drug-likeness (QED) is 0.484. The van der Waals surface area contributed by atoms with Gasteiger partial charge >= 0.3 is 0 Å². The Morgan fingerprint density at radius 3 is 2.85 bits per heavy atom. The van der Waals surface area contributed by atoms with Gasteiger partial charge in [0.2, 0.25) is 11.8 Å². The lowest BCUT2D eigenvalue weighted by Crippen LogP contribution is -2.42. The van der Waals surface area contributed by atoms with Crippen molar-refractivity contribution in [1.29, 1.82) is 0 Å². The van der Waals surface area contributed by atoms with Crippen LogP contribution in [0.25, 0.3) is 21.9 Å². The molecule has 5 rings (SSSR count). The van der Waals surface area contributed by atoms with Crippen LogP contribution in [0.15, 0.2) is 61.1 Å². The molecular weight excluding hydrogens is 414 g/mol. The van der Waals surface area contributed by atoms with Crippen LogP contribution in [0.3, 0.4) is 0 Å². The number of nitrogens with one attached hydrogen (secondary N) is 1. The molecule has 2 aromatic heterocycles. The van der Waals surface area contributed by atoms with Crippen molar-refractivity contribution in [2.45, 2.75) is 39.3 Å². The first kappa shape index (κ1) is 21.2. The number of nitrogens with zero attached hydrogens (tertiary/aromatic N) is 4. The fraction of sp³-hybridized carbons (Fsp3) is 0.346. The number of likely N-dealkylation sites (tertiary alicyclic amines) is 1. The molecule has 0 bridgehead atoms. The molecule has 1 unspecified atom stereocenters. The van der Waals surface area contributed by atoms with E-state index in [2.05, 4.69) is 27.9 Å². The minimum atomic E-state index is -0.0139. The van der Waals surface area contributed by atoms with Gasteiger partial charge < -0.3 is 19.4 Å². The van der Waals surface area contributed by atoms with Gasteiger partial charge in [-0.15, -0.1) is 0 Å². The second kappa shape index (κ2) is 9.10. The number of para-hydroxylation sites is 1. The Hall–Kier alpha value is -3.61. The lowest BCUT2D eigenvalue weighted by atomic mass is 9.94. The number of carbonyl (C=O) groups excluding carboxylic acids is 2. The molecule has 2 aromatic carbocycles. The summed E-state index contributed by atoms with van der Waals surface area (Å²) >= 11 is 0. The van der Waals surface area contributed by atoms with Crippen LogP contribution in [0.2, 0.25) is 0 Å². The van der Waals surface area contributed by atoms with Crippen LogP contribution < -0.4 is 5.32 Å². The molecule has 1 saturated heterocycles. The number of fused-ring (bicyclic) bond motifs is 2. The molecule has 0 saturated carbocycles. The fourth-order valence-corrected chi connectivity index (χ4v) is 4.85. The van der Waals surface area contributed by atoms with Gasteiger partial charge in [-0.3, -0.25) is 9.59 Å². The van der Waals surface area contributed by atoms with Crippen molar-refractivity contribution in [3.63, 3.8) is 0 Å². The summed E-state index contributed by atoms with van der Waals surface area (Å²) in [6.45, 7) is 4.66. The molecule has 1 aliphatic rings. The van der Waals surface area contributed by atoms with Crippen molar-refractivity contribution < 1.29 is 9.59 Å². The highest BCUT2D eigenvalue weighted by molar-refractivity contribution is 5.93. The molecule has 170 valence electrons. The Balaban J connectivity index is 1.18. The van der Waals surface area contributed by atoms with Crippen LogP contribution in [-0.2, 0) is 22.7 Å². The average Bonchev–Trinajstić information content (AvgIpc) is 3.43. The van der Waals surface area contributed by atoms with E-state index in [0.29, 0.717) is 19.5 Å². The maximum absolute atomic E-state index is 13.0. The highest BCUT2D eigenvalue weighted by Gasteiger charge is 2.25. The second-order valence-electron chi connectivity index (χ2n) is 8.84. The van der Waals surface area contributed by atoms with E-state index in [4.69, 9.17) is 0 Å². The van der Waals surface area contributed by atoms with Crippen molar-refractivity contribution in [1.82, 2.24) is 19.0 Å². The number of carbonyl (C=O) groups is 2. The molecule has 4 aromatic rings. The lowest BCUT2D eigenvalue weighted by Gasteiger charge is -2.32. The number of anilines is 1. The van der Waals surface area contributed by atoms with Gasteiger partial charge in [0.15, 0.2) is 0 Å². The number of rotatable bonds is 6. The number of aromatic nitrogens is 3. The van der Waals surface area contributed by atoms with Gasteiger partial charge in [0.25, 0.3) is 0 Å². The monoisotopic (exact) mass is 443 g/mol. The smallest absolute Gasteiger partial charge is 0.242 e. The van der Waals surface area contributed by atoms with E-state index in [-0.39, 0.29) is 17.7 Å². The van der Waals surface area contributed by atoms with Crippen molar-refractivity contribution >= 4 is 39.4 Å². The van der Waals surface area contributed by atoms with Gasteiger partial charge in [-0.05, 0) is 61.4 Å². The molecule has 2 amide bonds. The number of benzene rings is 2. The van der Waals surface area contributed by atoms with Gasteiger partial charge in [0.1, 0.15) is 6.54 Å². The Labute approximate surface area is 193 Å². The molecule has 7 heteroatoms. The van der Waals surface area contributed by atoms with E-state index < -0.39 is 0 Å². The van der Waals surface area contributed by atoms with E-state index >= 15 is 0 Å². The molecule has 1 aliphatic heterocycles. The Bertz CT molecular complexity index is 1300. The Morgan fingerprint density at radius 2 is 1.97 bits per heavy atom. The summed E-state index contributed by atoms with van der Waals surface area (Å²) in [4.78, 5) is 32.0. The van der Waals surface area contributed by atoms with Crippen molar-refractivity contribution in [2.75, 3.05) is 18.4 Å². The first-order valence-electron chi connectivity index (χ1n) is 11.7. The molecule has 1 atom stereocenters. The van der Waals surface area contributed by atoms with Gasteiger partial charge in [-0.2, -0.15) is 0 Å². The average molecular weight is 444 g/mol. The minimum absolute atomic E-state index is 0.0139. The second-order valence-corrected chi connectivity index (χ2v) is 8.84. The topological polar surface area (TPSA) is 72.2 Å². The van der Waals surface area contributed by atoms with Crippen molar-refractivity contribution in [3.05, 3.63) is 61.1 Å². The summed E-state index contributed by atoms with van der Waals surface area (Å²) in [6.07, 6.45) is 6.09. The summed E-state index contributed by atoms with van der Waals surface area (Å²) in [5.74, 6) is 0.269. The molecule has 3 heterocycles. The summed E-state index contributed by atoms with van der Waals surface area (Å²) in [5.41, 5.74) is 3.77. The minimum Gasteiger partial charge on any atom is -0.341 e. The third-order valence-electron chi connectivity index (χ3n) is 6.58. The number of hydrogen-bond acceptors (Lipinski definition) is 3. The van der Waals surface area contributed by atoms with Gasteiger partial charge in [-0.25, -0.2) is 4.98 Å². The zero-order valence-electron chi connectivity index (χ0n) is 18.9. The van der Waals surface area contributed by atoms with Crippen LogP contribution in [0.5, 0.6) is 0 Å². The SMILES string of the molecule is CCn1cnc2cc(NC(=O)CC3CCCN(C(=O)Cn4ccc5ccccc54)C3)ccc21. The first-order valence-corrected chi connectivity index (χ1v) is 11.7. The first-order chi connectivity index (χ1) is 16.1. The maximum Gasteiger partial charge on any atom is 0.242 e. The van der Waals surface area contributed by atoms with Crippen LogP contribution in [0.4, 0.5) is 5.69 Å². The van der Waals surface area contributed by atoms with Crippen LogP contribution >= 0.6 is 0 Å². The molecule has 0 spiro atoms. The van der Waals surface area contributed by atoms with E-state index in [0.717, 1.165) is 53.6 Å². The molecular formula is C26H29N5O2. The van der Waals surface area contributed by atoms with Crippen molar-refractivity contribution in [2.24, 2.45) is 5.92 Å². The zero-order chi connectivity index (χ0) is 22.8. The van der Waals surface area contributed by atoms with Crippen LogP contribution in [0, 0.1) is 5.92 Å². The largest absolute Gasteiger partial charge is 0.341 e. The van der Waals surface area contributed by atoms with Crippen molar-refractivity contribution in [3.8, 4) is 0 Å². The van der Waals surface area contributed by atoms with E-state index in [1.54, 1.807) is 0 Å². The number of aryl methyl sites for hydroxylation is 1. The van der Waals surface area contributed by atoms with Crippen LogP contribution in [-0.4, -0.2) is 43.9 Å². The molecule has 1 N–H and O–H groups in total. The molecule has 7 nitrogen and oxygen atoms in total. The van der Waals surface area contributed by atoms with Gasteiger partial charge in [-0.1, -0.05) is 18.2 Å². The van der Waals surface area contributed by atoms with E-state index in [1.165, 1.54) is 0 Å². The third kappa shape index (κ3) is 4.49. The highest BCUT2D eigenvalue weighted by atomic mass is 16.2. The Kier molecular flexibility index (Phi) is 5.86. The summed E-state index contributed by atoms with van der Waals surface area (Å²) in [5, 5.41) is 4.15. The predicted octanol–water partition coefficient (Wildman–Crippen LogP) is 4.28. The van der Waals surface area contributed by atoms with E-state index in [1.807, 2.05) is 64.5 Å². The summed E-state index contributed by atoms with van der Waals surface area (Å²) in [6, 6.07) is 16.0. The summed E-state index contributed by atoms with van der Waals surface area (Å²) < 4.78 is 4.08. The standard InChI is InChI=1S/C26H29N5O2/c1-2-29-18-27-22-15-21(9-10-24(22)29)28-25(32)14-19-6-5-12-31(16-19)26(33)17-30-13-11-20-7-3-4-8-23(20)30/h3-4,7-11,13,15,18-19H,2,5-6,12,14,16-17H2,1H3,(H,28,32). The number of hydrogen-bond donors (Lipinski definition) is 1. The molecule has 33 heavy (non-hydrogen) atoms. The fourth-order valence-electron chi connectivity index (χ4n) is 4.85. The highest BCUT2D eigenvalue weighted by Crippen LogP contribution is 2.23. The summed E-state index contributed by atoms with van der Waals surface area (Å²) in [7, 11) is 0. The molecule has 0 aliphatic carbocycles. The van der Waals surface area contributed by atoms with E-state index in [9.17, 15) is 9.59 Å². The molecule has 0 radical (unpaired) electrons. The van der Waals surface area contributed by atoms with Crippen LogP contribution in [0.1, 0.15) is 26.2 Å². The number of imidazole rings is 1. The zero-order valence-corrected chi connectivity index (χ0v) is 18.9. The Morgan fingerprint density at radius 1 is 1.09 bits per heavy atom. The lowest BCUT2D eigenvalue weighted by molar-refractivity contribution is -0.134. The predicted molar refractivity (Wildman–Crippen MR) is 130 cm³/mol. The molecule has 1 fully saturated rings. The normalized spacial score (nSPS) is 16.4.